The van der Waals surface area contributed by atoms with E-state index in [0.717, 1.165) is 6.54 Å². The maximum Gasteiger partial charge on any atom is 0.319 e. The normalized spacial score (nSPS) is 18.0. The summed E-state index contributed by atoms with van der Waals surface area (Å²) in [6.07, 6.45) is 2.09. The molecule has 1 saturated heterocycles. The smallest absolute Gasteiger partial charge is 0.319 e. The molecule has 2 heterocycles. The van der Waals surface area contributed by atoms with Crippen molar-refractivity contribution in [2.24, 2.45) is 0 Å². The summed E-state index contributed by atoms with van der Waals surface area (Å²) in [6.45, 7) is 2.00. The zero-order chi connectivity index (χ0) is 24.3. The van der Waals surface area contributed by atoms with Crippen molar-refractivity contribution in [3.8, 4) is 11.4 Å². The third-order valence-electron chi connectivity index (χ3n) is 6.27. The van der Waals surface area contributed by atoms with Crippen molar-refractivity contribution in [3.63, 3.8) is 0 Å². The third-order valence-corrected chi connectivity index (χ3v) is 9.32. The fraction of sp³-hybridized carbons (Fsp3) is 0.522. The number of hydrogen-bond acceptors (Lipinski definition) is 8. The summed E-state index contributed by atoms with van der Waals surface area (Å²) in [5.74, 6) is 0.577. The van der Waals surface area contributed by atoms with Crippen LogP contribution in [0.25, 0.3) is 11.4 Å². The Hall–Kier alpha value is -2.76. The first kappa shape index (κ1) is 24.4. The molecule has 1 aromatic carbocycles. The van der Waals surface area contributed by atoms with Gasteiger partial charge in [0.2, 0.25) is 0 Å². The highest BCUT2D eigenvalue weighted by atomic mass is 32.2. The average molecular weight is 489 g/mol. The zero-order valence-electron chi connectivity index (χ0n) is 19.6. The lowest BCUT2D eigenvalue weighted by molar-refractivity contribution is 0.0729. The second-order valence-corrected chi connectivity index (χ2v) is 11.7. The van der Waals surface area contributed by atoms with Gasteiger partial charge in [0.1, 0.15) is 10.6 Å². The Labute approximate surface area is 200 Å². The van der Waals surface area contributed by atoms with Crippen LogP contribution in [-0.2, 0) is 19.3 Å². The first-order valence-corrected chi connectivity index (χ1v) is 13.0. The summed E-state index contributed by atoms with van der Waals surface area (Å²) < 4.78 is 31.3. The van der Waals surface area contributed by atoms with E-state index in [9.17, 15) is 13.2 Å². The Kier molecular flexibility index (Phi) is 7.06. The largest absolute Gasteiger partial charge is 0.384 e. The minimum Gasteiger partial charge on any atom is -0.384 e. The lowest BCUT2D eigenvalue weighted by atomic mass is 9.94. The number of rotatable bonds is 8. The van der Waals surface area contributed by atoms with Gasteiger partial charge < -0.3 is 26.0 Å². The van der Waals surface area contributed by atoms with Crippen LogP contribution in [0.15, 0.2) is 30.3 Å². The number of likely N-dealkylation sites (N-methyl/N-ethyl adjacent to an activating group) is 1. The number of sulfone groups is 1. The van der Waals surface area contributed by atoms with Gasteiger partial charge in [0.05, 0.1) is 10.9 Å². The molecule has 1 aromatic heterocycles. The van der Waals surface area contributed by atoms with Crippen LogP contribution >= 0.6 is 0 Å². The Morgan fingerprint density at radius 3 is 2.47 bits per heavy atom. The van der Waals surface area contributed by atoms with Crippen LogP contribution < -0.4 is 16.4 Å². The molecule has 10 nitrogen and oxygen atoms in total. The average Bonchev–Trinajstić information content (AvgIpc) is 3.65. The van der Waals surface area contributed by atoms with Crippen LogP contribution in [0, 0.1) is 0 Å². The summed E-state index contributed by atoms with van der Waals surface area (Å²) in [5.41, 5.74) is 7.85. The Balaban J connectivity index is 1.57. The number of hydrogen-bond donors (Lipinski definition) is 3. The predicted octanol–water partition coefficient (Wildman–Crippen LogP) is 1.99. The van der Waals surface area contributed by atoms with E-state index in [1.165, 1.54) is 0 Å². The van der Waals surface area contributed by atoms with Crippen LogP contribution in [0.4, 0.5) is 16.3 Å². The SMILES string of the molecule is CN(C)CCNC(=O)Nc1ccc(-c2nc(N)cc(C3(S(=O)(=O)C4CC4)CCOCC3)n2)cc1. The molecule has 2 aliphatic rings. The van der Waals surface area contributed by atoms with Gasteiger partial charge in [-0.2, -0.15) is 0 Å². The van der Waals surface area contributed by atoms with Gasteiger partial charge in [-0.3, -0.25) is 0 Å². The highest BCUT2D eigenvalue weighted by Crippen LogP contribution is 2.47. The lowest BCUT2D eigenvalue weighted by Gasteiger charge is -2.36. The van der Waals surface area contributed by atoms with Crippen LogP contribution in [0.2, 0.25) is 0 Å². The van der Waals surface area contributed by atoms with E-state index < -0.39 is 14.6 Å². The van der Waals surface area contributed by atoms with Gasteiger partial charge in [0.15, 0.2) is 15.7 Å². The van der Waals surface area contributed by atoms with E-state index in [1.54, 1.807) is 30.3 Å². The Morgan fingerprint density at radius 2 is 1.85 bits per heavy atom. The third kappa shape index (κ3) is 5.16. The molecule has 2 fully saturated rings. The number of amides is 2. The van der Waals surface area contributed by atoms with Crippen molar-refractivity contribution in [1.82, 2.24) is 20.2 Å². The monoisotopic (exact) mass is 488 g/mol. The van der Waals surface area contributed by atoms with Gasteiger partial charge in [-0.25, -0.2) is 23.2 Å². The molecule has 4 N–H and O–H groups in total. The zero-order valence-corrected chi connectivity index (χ0v) is 20.4. The number of carbonyl (C=O) groups is 1. The molecule has 4 rings (SSSR count). The number of nitrogen functional groups attached to an aromatic ring is 1. The van der Waals surface area contributed by atoms with E-state index in [0.29, 0.717) is 68.2 Å². The summed E-state index contributed by atoms with van der Waals surface area (Å²) >= 11 is 0. The molecule has 2 amide bonds. The number of aromatic nitrogens is 2. The molecular weight excluding hydrogens is 456 g/mol. The molecule has 184 valence electrons. The molecule has 1 aliphatic carbocycles. The maximum absolute atomic E-state index is 13.5. The van der Waals surface area contributed by atoms with E-state index in [4.69, 9.17) is 15.5 Å². The van der Waals surface area contributed by atoms with Gasteiger partial charge in [-0.15, -0.1) is 0 Å². The quantitative estimate of drug-likeness (QED) is 0.513. The molecule has 1 aliphatic heterocycles. The van der Waals surface area contributed by atoms with Crippen molar-refractivity contribution in [1.29, 1.82) is 0 Å². The van der Waals surface area contributed by atoms with Gasteiger partial charge in [0.25, 0.3) is 0 Å². The second kappa shape index (κ2) is 9.85. The fourth-order valence-corrected chi connectivity index (χ4v) is 6.71. The highest BCUT2D eigenvalue weighted by Gasteiger charge is 2.54. The summed E-state index contributed by atoms with van der Waals surface area (Å²) in [7, 11) is 0.440. The van der Waals surface area contributed by atoms with E-state index in [1.807, 2.05) is 19.0 Å². The number of nitrogens with two attached hydrogens (primary N) is 1. The standard InChI is InChI=1S/C23H32N6O4S/c1-29(2)12-11-25-22(30)26-17-5-3-16(4-6-17)21-27-19(15-20(24)28-21)23(9-13-33-14-10-23)34(31,32)18-7-8-18/h3-6,15,18H,7-14H2,1-2H3,(H2,24,27,28)(H2,25,26,30). The first-order chi connectivity index (χ1) is 16.2. The van der Waals surface area contributed by atoms with Gasteiger partial charge >= 0.3 is 6.03 Å². The Morgan fingerprint density at radius 1 is 1.18 bits per heavy atom. The molecule has 0 radical (unpaired) electrons. The van der Waals surface area contributed by atoms with Crippen LogP contribution in [0.5, 0.6) is 0 Å². The maximum atomic E-state index is 13.5. The molecule has 34 heavy (non-hydrogen) atoms. The minimum absolute atomic E-state index is 0.222. The fourth-order valence-electron chi connectivity index (χ4n) is 4.18. The van der Waals surface area contributed by atoms with Crippen molar-refractivity contribution >= 4 is 27.4 Å². The van der Waals surface area contributed by atoms with Crippen LogP contribution in [0.1, 0.15) is 31.4 Å². The summed E-state index contributed by atoms with van der Waals surface area (Å²) in [6, 6.07) is 8.35. The van der Waals surface area contributed by atoms with Crippen molar-refractivity contribution in [3.05, 3.63) is 36.0 Å². The highest BCUT2D eigenvalue weighted by molar-refractivity contribution is 7.93. The van der Waals surface area contributed by atoms with Crippen molar-refractivity contribution in [2.45, 2.75) is 35.7 Å². The number of nitrogens with zero attached hydrogens (tertiary/aromatic N) is 3. The van der Waals surface area contributed by atoms with E-state index >= 15 is 0 Å². The molecule has 0 atom stereocenters. The Bertz CT molecular complexity index is 1130. The van der Waals surface area contributed by atoms with Crippen molar-refractivity contribution < 1.29 is 17.9 Å². The molecular formula is C23H32N6O4S. The van der Waals surface area contributed by atoms with E-state index in [2.05, 4.69) is 15.6 Å². The molecule has 11 heteroatoms. The molecule has 0 bridgehead atoms. The van der Waals surface area contributed by atoms with E-state index in [-0.39, 0.29) is 17.1 Å². The molecule has 1 saturated carbocycles. The minimum atomic E-state index is -3.44. The van der Waals surface area contributed by atoms with Gasteiger partial charge in [0, 0.05) is 43.6 Å². The molecule has 0 unspecified atom stereocenters. The number of ether oxygens (including phenoxy) is 1. The molecule has 2 aromatic rings. The van der Waals surface area contributed by atoms with Gasteiger partial charge in [-0.1, -0.05) is 0 Å². The van der Waals surface area contributed by atoms with Crippen LogP contribution in [0.3, 0.4) is 0 Å². The first-order valence-electron chi connectivity index (χ1n) is 11.5. The van der Waals surface area contributed by atoms with Crippen LogP contribution in [-0.4, -0.2) is 75.0 Å². The number of urea groups is 1. The number of anilines is 2. The predicted molar refractivity (Wildman–Crippen MR) is 131 cm³/mol. The second-order valence-electron chi connectivity index (χ2n) is 9.11. The van der Waals surface area contributed by atoms with Crippen molar-refractivity contribution in [2.75, 3.05) is 51.4 Å². The molecule has 0 spiro atoms. The summed E-state index contributed by atoms with van der Waals surface area (Å²) in [5, 5.41) is 5.26. The lowest BCUT2D eigenvalue weighted by Crippen LogP contribution is -2.44. The number of benzene rings is 1. The topological polar surface area (TPSA) is 140 Å². The summed E-state index contributed by atoms with van der Waals surface area (Å²) in [4.78, 5) is 23.1. The number of carbonyl (C=O) groups excluding carboxylic acids is 1. The van der Waals surface area contributed by atoms with Gasteiger partial charge in [-0.05, 0) is 64.0 Å². The number of nitrogens with one attached hydrogen (secondary N) is 2.